The zero-order valence-electron chi connectivity index (χ0n) is 12.6. The highest BCUT2D eigenvalue weighted by atomic mass is 16.6. The molecule has 0 amide bonds. The standard InChI is InChI=1S/C16H26N2O2/c1-3-5-6-7-8-15(17-4-2)13-14-9-11-16(12-10-14)18(19)20/h9-12,15,17H,3-8,13H2,1-2H3. The van der Waals surface area contributed by atoms with Crippen LogP contribution in [-0.2, 0) is 6.42 Å². The van der Waals surface area contributed by atoms with E-state index in [0.717, 1.165) is 18.5 Å². The van der Waals surface area contributed by atoms with E-state index in [2.05, 4.69) is 19.2 Å². The van der Waals surface area contributed by atoms with Crippen molar-refractivity contribution in [2.24, 2.45) is 0 Å². The van der Waals surface area contributed by atoms with E-state index in [4.69, 9.17) is 0 Å². The predicted octanol–water partition coefficient (Wildman–Crippen LogP) is 4.09. The predicted molar refractivity (Wildman–Crippen MR) is 83.0 cm³/mol. The molecule has 20 heavy (non-hydrogen) atoms. The van der Waals surface area contributed by atoms with Gasteiger partial charge in [-0.1, -0.05) is 51.7 Å². The second kappa shape index (κ2) is 9.48. The number of nitro groups is 1. The number of nitrogens with one attached hydrogen (secondary N) is 1. The van der Waals surface area contributed by atoms with Gasteiger partial charge in [-0.25, -0.2) is 0 Å². The zero-order valence-corrected chi connectivity index (χ0v) is 12.6. The van der Waals surface area contributed by atoms with Gasteiger partial charge in [-0.3, -0.25) is 10.1 Å². The van der Waals surface area contributed by atoms with E-state index in [0.29, 0.717) is 6.04 Å². The summed E-state index contributed by atoms with van der Waals surface area (Å²) < 4.78 is 0. The number of hydrogen-bond acceptors (Lipinski definition) is 3. The van der Waals surface area contributed by atoms with E-state index >= 15 is 0 Å². The van der Waals surface area contributed by atoms with Gasteiger partial charge in [0.1, 0.15) is 0 Å². The summed E-state index contributed by atoms with van der Waals surface area (Å²) in [7, 11) is 0. The third kappa shape index (κ3) is 6.15. The van der Waals surface area contributed by atoms with Crippen molar-refractivity contribution in [3.8, 4) is 0 Å². The van der Waals surface area contributed by atoms with Crippen molar-refractivity contribution in [3.63, 3.8) is 0 Å². The lowest BCUT2D eigenvalue weighted by Crippen LogP contribution is -2.30. The summed E-state index contributed by atoms with van der Waals surface area (Å²) in [6, 6.07) is 7.40. The van der Waals surface area contributed by atoms with Crippen LogP contribution in [0.4, 0.5) is 5.69 Å². The minimum atomic E-state index is -0.351. The van der Waals surface area contributed by atoms with Gasteiger partial charge in [-0.15, -0.1) is 0 Å². The van der Waals surface area contributed by atoms with Crippen LogP contribution in [0.25, 0.3) is 0 Å². The Morgan fingerprint density at radius 3 is 2.40 bits per heavy atom. The van der Waals surface area contributed by atoms with Gasteiger partial charge < -0.3 is 5.32 Å². The average molecular weight is 278 g/mol. The number of likely N-dealkylation sites (N-methyl/N-ethyl adjacent to an activating group) is 1. The third-order valence-corrected chi connectivity index (χ3v) is 3.53. The Labute approximate surface area is 121 Å². The number of non-ortho nitro benzene ring substituents is 1. The van der Waals surface area contributed by atoms with Gasteiger partial charge in [0.15, 0.2) is 0 Å². The largest absolute Gasteiger partial charge is 0.314 e. The molecule has 0 fully saturated rings. The van der Waals surface area contributed by atoms with Gasteiger partial charge in [0.2, 0.25) is 0 Å². The van der Waals surface area contributed by atoms with Crippen molar-refractivity contribution < 1.29 is 4.92 Å². The Morgan fingerprint density at radius 1 is 1.15 bits per heavy atom. The third-order valence-electron chi connectivity index (χ3n) is 3.53. The quantitative estimate of drug-likeness (QED) is 0.398. The Morgan fingerprint density at radius 2 is 1.85 bits per heavy atom. The first-order valence-corrected chi connectivity index (χ1v) is 7.64. The number of unbranched alkanes of at least 4 members (excludes halogenated alkanes) is 3. The number of nitro benzene ring substituents is 1. The fourth-order valence-electron chi connectivity index (χ4n) is 2.42. The molecule has 4 heteroatoms. The van der Waals surface area contributed by atoms with Crippen LogP contribution in [0.5, 0.6) is 0 Å². The minimum absolute atomic E-state index is 0.164. The van der Waals surface area contributed by atoms with E-state index < -0.39 is 0 Å². The molecule has 1 N–H and O–H groups in total. The molecule has 1 rings (SSSR count). The average Bonchev–Trinajstić information content (AvgIpc) is 2.44. The molecule has 1 atom stereocenters. The van der Waals surface area contributed by atoms with Gasteiger partial charge in [0.05, 0.1) is 4.92 Å². The summed E-state index contributed by atoms with van der Waals surface area (Å²) in [5.74, 6) is 0. The van der Waals surface area contributed by atoms with Gasteiger partial charge >= 0.3 is 0 Å². The Bertz CT molecular complexity index is 390. The van der Waals surface area contributed by atoms with Crippen LogP contribution in [0, 0.1) is 10.1 Å². The van der Waals surface area contributed by atoms with Gasteiger partial charge in [0, 0.05) is 18.2 Å². The highest BCUT2D eigenvalue weighted by molar-refractivity contribution is 5.33. The molecule has 1 aromatic rings. The summed E-state index contributed by atoms with van der Waals surface area (Å²) in [4.78, 5) is 10.3. The summed E-state index contributed by atoms with van der Waals surface area (Å²) >= 11 is 0. The van der Waals surface area contributed by atoms with Crippen LogP contribution in [0.3, 0.4) is 0 Å². The zero-order chi connectivity index (χ0) is 14.8. The maximum absolute atomic E-state index is 10.6. The molecule has 0 spiro atoms. The molecule has 0 aromatic heterocycles. The van der Waals surface area contributed by atoms with Crippen molar-refractivity contribution in [2.75, 3.05) is 6.54 Å². The topological polar surface area (TPSA) is 55.2 Å². The number of benzene rings is 1. The van der Waals surface area contributed by atoms with Crippen LogP contribution in [0.1, 0.15) is 51.5 Å². The molecule has 0 aliphatic heterocycles. The maximum atomic E-state index is 10.6. The van der Waals surface area contributed by atoms with Crippen LogP contribution in [-0.4, -0.2) is 17.5 Å². The Balaban J connectivity index is 2.49. The van der Waals surface area contributed by atoms with Crippen LogP contribution < -0.4 is 5.32 Å². The Kier molecular flexibility index (Phi) is 7.88. The molecule has 4 nitrogen and oxygen atoms in total. The van der Waals surface area contributed by atoms with Crippen LogP contribution in [0.2, 0.25) is 0 Å². The lowest BCUT2D eigenvalue weighted by atomic mass is 10.00. The first-order valence-electron chi connectivity index (χ1n) is 7.64. The van der Waals surface area contributed by atoms with Crippen molar-refractivity contribution >= 4 is 5.69 Å². The molecule has 1 unspecified atom stereocenters. The summed E-state index contributed by atoms with van der Waals surface area (Å²) in [5, 5.41) is 14.1. The maximum Gasteiger partial charge on any atom is 0.269 e. The summed E-state index contributed by atoms with van der Waals surface area (Å²) in [6.45, 7) is 5.30. The number of rotatable bonds is 10. The number of nitrogens with zero attached hydrogens (tertiary/aromatic N) is 1. The molecule has 112 valence electrons. The SMILES string of the molecule is CCCCCCC(Cc1ccc([N+](=O)[O-])cc1)NCC. The fraction of sp³-hybridized carbons (Fsp3) is 0.625. The highest BCUT2D eigenvalue weighted by Crippen LogP contribution is 2.15. The molecular weight excluding hydrogens is 252 g/mol. The Hall–Kier alpha value is -1.42. The van der Waals surface area contributed by atoms with Crippen molar-refractivity contribution in [3.05, 3.63) is 39.9 Å². The van der Waals surface area contributed by atoms with Crippen molar-refractivity contribution in [2.45, 2.75) is 58.4 Å². The molecule has 0 heterocycles. The van der Waals surface area contributed by atoms with E-state index in [1.165, 1.54) is 32.1 Å². The monoisotopic (exact) mass is 278 g/mol. The second-order valence-electron chi connectivity index (χ2n) is 5.23. The van der Waals surface area contributed by atoms with Crippen molar-refractivity contribution in [1.29, 1.82) is 0 Å². The molecule has 0 aliphatic rings. The molecule has 0 bridgehead atoms. The van der Waals surface area contributed by atoms with E-state index in [1.54, 1.807) is 12.1 Å². The highest BCUT2D eigenvalue weighted by Gasteiger charge is 2.10. The number of hydrogen-bond donors (Lipinski definition) is 1. The lowest BCUT2D eigenvalue weighted by molar-refractivity contribution is -0.384. The van der Waals surface area contributed by atoms with Gasteiger partial charge in [-0.2, -0.15) is 0 Å². The summed E-state index contributed by atoms with van der Waals surface area (Å²) in [5.41, 5.74) is 1.33. The van der Waals surface area contributed by atoms with Crippen molar-refractivity contribution in [1.82, 2.24) is 5.32 Å². The first-order chi connectivity index (χ1) is 9.67. The van der Waals surface area contributed by atoms with Crippen LogP contribution >= 0.6 is 0 Å². The fourth-order valence-corrected chi connectivity index (χ4v) is 2.42. The van der Waals surface area contributed by atoms with Crippen LogP contribution in [0.15, 0.2) is 24.3 Å². The van der Waals surface area contributed by atoms with Gasteiger partial charge in [0.25, 0.3) is 5.69 Å². The van der Waals surface area contributed by atoms with E-state index in [9.17, 15) is 10.1 Å². The molecular formula is C16H26N2O2. The smallest absolute Gasteiger partial charge is 0.269 e. The van der Waals surface area contributed by atoms with E-state index in [1.807, 2.05) is 12.1 Å². The molecule has 0 saturated heterocycles. The summed E-state index contributed by atoms with van der Waals surface area (Å²) in [6.07, 6.45) is 7.21. The molecule has 0 radical (unpaired) electrons. The molecule has 0 saturated carbocycles. The molecule has 1 aromatic carbocycles. The van der Waals surface area contributed by atoms with Gasteiger partial charge in [-0.05, 0) is 24.9 Å². The second-order valence-corrected chi connectivity index (χ2v) is 5.23. The molecule has 0 aliphatic carbocycles. The normalized spacial score (nSPS) is 12.3. The first kappa shape index (κ1) is 16.6. The lowest BCUT2D eigenvalue weighted by Gasteiger charge is -2.17. The van der Waals surface area contributed by atoms with E-state index in [-0.39, 0.29) is 10.6 Å². The minimum Gasteiger partial charge on any atom is -0.314 e.